The van der Waals surface area contributed by atoms with Gasteiger partial charge in [-0.15, -0.1) is 11.3 Å². The third kappa shape index (κ3) is 2.69. The largest absolute Gasteiger partial charge is 0.293 e. The first-order valence-corrected chi connectivity index (χ1v) is 8.29. The van der Waals surface area contributed by atoms with Crippen LogP contribution in [-0.2, 0) is 12.8 Å². The van der Waals surface area contributed by atoms with E-state index in [1.54, 1.807) is 11.3 Å². The van der Waals surface area contributed by atoms with Gasteiger partial charge in [-0.3, -0.25) is 4.79 Å². The molecule has 0 radical (unpaired) electrons. The van der Waals surface area contributed by atoms with Crippen molar-refractivity contribution in [1.82, 2.24) is 0 Å². The molecule has 0 spiro atoms. The molecule has 3 rings (SSSR count). The first kappa shape index (κ1) is 12.4. The van der Waals surface area contributed by atoms with Crippen molar-refractivity contribution in [3.63, 3.8) is 0 Å². The summed E-state index contributed by atoms with van der Waals surface area (Å²) in [5.74, 6) is 1.09. The number of carbonyl (C=O) groups is 1. The number of carbonyl (C=O) groups excluding carboxylic acids is 1. The Morgan fingerprint density at radius 2 is 1.89 bits per heavy atom. The molecule has 0 unspecified atom stereocenters. The van der Waals surface area contributed by atoms with Gasteiger partial charge in [0.25, 0.3) is 0 Å². The van der Waals surface area contributed by atoms with Gasteiger partial charge in [0.1, 0.15) is 0 Å². The lowest BCUT2D eigenvalue weighted by atomic mass is 9.85. The van der Waals surface area contributed by atoms with Crippen LogP contribution in [0.15, 0.2) is 6.07 Å². The van der Waals surface area contributed by atoms with E-state index in [1.807, 2.05) is 0 Å². The normalized spacial score (nSPS) is 20.7. The van der Waals surface area contributed by atoms with Crippen LogP contribution in [0, 0.1) is 5.92 Å². The van der Waals surface area contributed by atoms with E-state index in [1.165, 1.54) is 68.2 Å². The minimum atomic E-state index is 0.418. The zero-order valence-corrected chi connectivity index (χ0v) is 11.9. The summed E-state index contributed by atoms with van der Waals surface area (Å²) >= 11 is 1.78. The van der Waals surface area contributed by atoms with Gasteiger partial charge < -0.3 is 0 Å². The van der Waals surface area contributed by atoms with Crippen LogP contribution in [0.3, 0.4) is 0 Å². The molecule has 0 amide bonds. The van der Waals surface area contributed by atoms with E-state index in [9.17, 15) is 4.79 Å². The highest BCUT2D eigenvalue weighted by Gasteiger charge is 2.21. The number of aryl methyl sites for hydroxylation is 2. The van der Waals surface area contributed by atoms with E-state index < -0.39 is 0 Å². The van der Waals surface area contributed by atoms with Gasteiger partial charge >= 0.3 is 0 Å². The molecule has 0 atom stereocenters. The molecule has 0 aromatic carbocycles. The maximum atomic E-state index is 12.3. The van der Waals surface area contributed by atoms with E-state index in [4.69, 9.17) is 0 Å². The molecule has 1 nitrogen and oxygen atoms in total. The SMILES string of the molecule is O=C(CC1CCCCC1)c1cc2c(s1)CCCC2. The lowest BCUT2D eigenvalue weighted by Gasteiger charge is -2.20. The second-order valence-electron chi connectivity index (χ2n) is 5.90. The Labute approximate surface area is 114 Å². The van der Waals surface area contributed by atoms with E-state index in [0.717, 1.165) is 11.3 Å². The predicted octanol–water partition coefficient (Wildman–Crippen LogP) is 4.78. The zero-order chi connectivity index (χ0) is 12.4. The Bertz CT molecular complexity index is 403. The third-order valence-corrected chi connectivity index (χ3v) is 5.75. The fourth-order valence-corrected chi connectivity index (χ4v) is 4.58. The molecule has 18 heavy (non-hydrogen) atoms. The first-order chi connectivity index (χ1) is 8.83. The predicted molar refractivity (Wildman–Crippen MR) is 76.5 cm³/mol. The average molecular weight is 262 g/mol. The maximum absolute atomic E-state index is 12.3. The molecule has 0 N–H and O–H groups in total. The van der Waals surface area contributed by atoms with Crippen LogP contribution in [0.1, 0.15) is 71.5 Å². The molecule has 0 aliphatic heterocycles. The second kappa shape index (κ2) is 5.56. The number of ketones is 1. The number of Topliss-reactive ketones (excluding diaryl/α,β-unsaturated/α-hetero) is 1. The molecular weight excluding hydrogens is 240 g/mol. The summed E-state index contributed by atoms with van der Waals surface area (Å²) in [6, 6.07) is 2.20. The van der Waals surface area contributed by atoms with Gasteiger partial charge in [0, 0.05) is 11.3 Å². The summed E-state index contributed by atoms with van der Waals surface area (Å²) in [4.78, 5) is 14.9. The van der Waals surface area contributed by atoms with Crippen LogP contribution in [0.4, 0.5) is 0 Å². The Kier molecular flexibility index (Phi) is 3.83. The number of hydrogen-bond acceptors (Lipinski definition) is 2. The van der Waals surface area contributed by atoms with Crippen molar-refractivity contribution < 1.29 is 4.79 Å². The Morgan fingerprint density at radius 3 is 2.67 bits per heavy atom. The molecule has 2 aliphatic rings. The molecule has 1 saturated carbocycles. The molecule has 98 valence electrons. The van der Waals surface area contributed by atoms with Gasteiger partial charge in [-0.2, -0.15) is 0 Å². The lowest BCUT2D eigenvalue weighted by Crippen LogP contribution is -2.11. The molecule has 1 aromatic rings. The summed E-state index contributed by atoms with van der Waals surface area (Å²) in [5, 5.41) is 0. The van der Waals surface area contributed by atoms with Crippen molar-refractivity contribution in [2.45, 2.75) is 64.2 Å². The molecule has 1 fully saturated rings. The summed E-state index contributed by atoms with van der Waals surface area (Å²) in [5.41, 5.74) is 1.47. The molecule has 1 aromatic heterocycles. The van der Waals surface area contributed by atoms with Crippen LogP contribution < -0.4 is 0 Å². The fraction of sp³-hybridized carbons (Fsp3) is 0.688. The Hall–Kier alpha value is -0.630. The summed E-state index contributed by atoms with van der Waals surface area (Å²) in [7, 11) is 0. The van der Waals surface area contributed by atoms with Gasteiger partial charge in [0.15, 0.2) is 5.78 Å². The molecule has 0 bridgehead atoms. The van der Waals surface area contributed by atoms with Crippen LogP contribution in [0.5, 0.6) is 0 Å². The van der Waals surface area contributed by atoms with Gasteiger partial charge in [0.05, 0.1) is 4.88 Å². The van der Waals surface area contributed by atoms with Crippen molar-refractivity contribution in [3.05, 3.63) is 21.4 Å². The summed E-state index contributed by atoms with van der Waals surface area (Å²) in [6.07, 6.45) is 12.4. The molecule has 2 heteroatoms. The second-order valence-corrected chi connectivity index (χ2v) is 7.03. The minimum absolute atomic E-state index is 0.418. The van der Waals surface area contributed by atoms with E-state index in [0.29, 0.717) is 11.7 Å². The molecular formula is C16H22OS. The lowest BCUT2D eigenvalue weighted by molar-refractivity contribution is 0.0954. The van der Waals surface area contributed by atoms with Crippen LogP contribution >= 0.6 is 11.3 Å². The quantitative estimate of drug-likeness (QED) is 0.716. The van der Waals surface area contributed by atoms with Crippen molar-refractivity contribution in [2.75, 3.05) is 0 Å². The number of thiophene rings is 1. The number of hydrogen-bond donors (Lipinski definition) is 0. The van der Waals surface area contributed by atoms with Gasteiger partial charge in [-0.1, -0.05) is 32.1 Å². The topological polar surface area (TPSA) is 17.1 Å². The molecule has 2 aliphatic carbocycles. The minimum Gasteiger partial charge on any atom is -0.293 e. The monoisotopic (exact) mass is 262 g/mol. The highest BCUT2D eigenvalue weighted by atomic mass is 32.1. The van der Waals surface area contributed by atoms with Gasteiger partial charge in [0.2, 0.25) is 0 Å². The zero-order valence-electron chi connectivity index (χ0n) is 11.0. The van der Waals surface area contributed by atoms with Gasteiger partial charge in [-0.05, 0) is 43.2 Å². The standard InChI is InChI=1S/C16H22OS/c17-14(10-12-6-2-1-3-7-12)16-11-13-8-4-5-9-15(13)18-16/h11-12H,1-10H2. The van der Waals surface area contributed by atoms with Crippen molar-refractivity contribution >= 4 is 17.1 Å². The maximum Gasteiger partial charge on any atom is 0.173 e. The van der Waals surface area contributed by atoms with Crippen molar-refractivity contribution in [3.8, 4) is 0 Å². The fourth-order valence-electron chi connectivity index (χ4n) is 3.38. The smallest absolute Gasteiger partial charge is 0.173 e. The third-order valence-electron chi connectivity index (χ3n) is 4.47. The summed E-state index contributed by atoms with van der Waals surface area (Å²) < 4.78 is 0. The number of rotatable bonds is 3. The van der Waals surface area contributed by atoms with Crippen LogP contribution in [0.2, 0.25) is 0 Å². The van der Waals surface area contributed by atoms with E-state index in [-0.39, 0.29) is 0 Å². The highest BCUT2D eigenvalue weighted by molar-refractivity contribution is 7.14. The van der Waals surface area contributed by atoms with Crippen molar-refractivity contribution in [2.24, 2.45) is 5.92 Å². The van der Waals surface area contributed by atoms with Crippen LogP contribution in [-0.4, -0.2) is 5.78 Å². The van der Waals surface area contributed by atoms with E-state index in [2.05, 4.69) is 6.07 Å². The first-order valence-electron chi connectivity index (χ1n) is 7.48. The average Bonchev–Trinajstić information content (AvgIpc) is 2.84. The number of fused-ring (bicyclic) bond motifs is 1. The summed E-state index contributed by atoms with van der Waals surface area (Å²) in [6.45, 7) is 0. The highest BCUT2D eigenvalue weighted by Crippen LogP contribution is 2.33. The molecule has 0 saturated heterocycles. The Balaban J connectivity index is 1.66. The van der Waals surface area contributed by atoms with Crippen molar-refractivity contribution in [1.29, 1.82) is 0 Å². The van der Waals surface area contributed by atoms with E-state index >= 15 is 0 Å². The van der Waals surface area contributed by atoms with Crippen LogP contribution in [0.25, 0.3) is 0 Å². The Morgan fingerprint density at radius 1 is 1.11 bits per heavy atom. The van der Waals surface area contributed by atoms with Gasteiger partial charge in [-0.25, -0.2) is 0 Å². The molecule has 1 heterocycles.